The molecular formula is C15H21N5O. The average Bonchev–Trinajstić information content (AvgIpc) is 2.89. The minimum Gasteiger partial charge on any atom is -0.368 e. The Morgan fingerprint density at radius 1 is 1.33 bits per heavy atom. The molecule has 2 aromatic heterocycles. The van der Waals surface area contributed by atoms with E-state index in [0.29, 0.717) is 0 Å². The molecule has 0 aliphatic carbocycles. The van der Waals surface area contributed by atoms with Gasteiger partial charge >= 0.3 is 0 Å². The molecule has 0 radical (unpaired) electrons. The van der Waals surface area contributed by atoms with E-state index in [0.717, 1.165) is 44.1 Å². The first-order valence-corrected chi connectivity index (χ1v) is 7.32. The molecule has 1 aliphatic rings. The molecule has 0 saturated carbocycles. The predicted molar refractivity (Wildman–Crippen MR) is 80.7 cm³/mol. The number of hydrogen-bond acceptors (Lipinski definition) is 4. The summed E-state index contributed by atoms with van der Waals surface area (Å²) in [6.07, 6.45) is 4.09. The summed E-state index contributed by atoms with van der Waals surface area (Å²) in [7, 11) is 0. The van der Waals surface area contributed by atoms with E-state index >= 15 is 0 Å². The van der Waals surface area contributed by atoms with E-state index in [1.165, 1.54) is 0 Å². The van der Waals surface area contributed by atoms with E-state index in [1.807, 2.05) is 35.7 Å². The highest BCUT2D eigenvalue weighted by atomic mass is 16.1. The van der Waals surface area contributed by atoms with Crippen molar-refractivity contribution in [2.45, 2.75) is 19.5 Å². The Hall–Kier alpha value is -1.92. The molecule has 6 heteroatoms. The molecule has 112 valence electrons. The Labute approximate surface area is 124 Å². The highest BCUT2D eigenvalue weighted by Gasteiger charge is 2.24. The standard InChI is InChI=1S/C15H21N5O/c1-12(15(16)21)19-8-6-18(7-9-19)10-13-11-20-5-3-2-4-14(20)17-13/h2-5,11-12H,6-10H2,1H3,(H2,16,21)/t12-/m1/s1. The number of aromatic nitrogens is 2. The molecular weight excluding hydrogens is 266 g/mol. The van der Waals surface area contributed by atoms with Crippen LogP contribution in [0.4, 0.5) is 0 Å². The number of fused-ring (bicyclic) bond motifs is 1. The molecule has 1 aliphatic heterocycles. The van der Waals surface area contributed by atoms with E-state index in [9.17, 15) is 4.79 Å². The molecule has 1 saturated heterocycles. The fourth-order valence-electron chi connectivity index (χ4n) is 2.78. The lowest BCUT2D eigenvalue weighted by atomic mass is 10.2. The summed E-state index contributed by atoms with van der Waals surface area (Å²) >= 11 is 0. The van der Waals surface area contributed by atoms with Crippen LogP contribution >= 0.6 is 0 Å². The van der Waals surface area contributed by atoms with Gasteiger partial charge in [0.05, 0.1) is 11.7 Å². The van der Waals surface area contributed by atoms with Gasteiger partial charge in [-0.05, 0) is 19.1 Å². The number of nitrogens with zero attached hydrogens (tertiary/aromatic N) is 4. The first kappa shape index (κ1) is 14.0. The van der Waals surface area contributed by atoms with Gasteiger partial charge in [-0.15, -0.1) is 0 Å². The van der Waals surface area contributed by atoms with Crippen molar-refractivity contribution >= 4 is 11.6 Å². The number of imidazole rings is 1. The molecule has 3 heterocycles. The van der Waals surface area contributed by atoms with Crippen LogP contribution in [0.25, 0.3) is 5.65 Å². The third kappa shape index (κ3) is 3.06. The number of nitrogens with two attached hydrogens (primary N) is 1. The van der Waals surface area contributed by atoms with Crippen molar-refractivity contribution < 1.29 is 4.79 Å². The van der Waals surface area contributed by atoms with Crippen molar-refractivity contribution in [3.8, 4) is 0 Å². The van der Waals surface area contributed by atoms with Gasteiger partial charge in [0.25, 0.3) is 0 Å². The predicted octanol–water partition coefficient (Wildman–Crippen LogP) is 0.326. The number of rotatable bonds is 4. The van der Waals surface area contributed by atoms with Crippen molar-refractivity contribution in [2.75, 3.05) is 26.2 Å². The van der Waals surface area contributed by atoms with E-state index < -0.39 is 0 Å². The molecule has 0 spiro atoms. The fourth-order valence-corrected chi connectivity index (χ4v) is 2.78. The maximum absolute atomic E-state index is 11.2. The van der Waals surface area contributed by atoms with Gasteiger partial charge in [-0.1, -0.05) is 6.07 Å². The zero-order chi connectivity index (χ0) is 14.8. The van der Waals surface area contributed by atoms with Gasteiger partial charge in [-0.3, -0.25) is 14.6 Å². The lowest BCUT2D eigenvalue weighted by Crippen LogP contribution is -2.52. The van der Waals surface area contributed by atoms with Crippen LogP contribution in [-0.4, -0.2) is 57.3 Å². The molecule has 3 rings (SSSR count). The molecule has 2 N–H and O–H groups in total. The summed E-state index contributed by atoms with van der Waals surface area (Å²) in [6.45, 7) is 6.34. The Balaban J connectivity index is 1.59. The van der Waals surface area contributed by atoms with Crippen LogP contribution in [0.2, 0.25) is 0 Å². The largest absolute Gasteiger partial charge is 0.368 e. The van der Waals surface area contributed by atoms with Gasteiger partial charge in [-0.2, -0.15) is 0 Å². The third-order valence-electron chi connectivity index (χ3n) is 4.17. The topological polar surface area (TPSA) is 66.9 Å². The summed E-state index contributed by atoms with van der Waals surface area (Å²) in [6, 6.07) is 5.83. The zero-order valence-electron chi connectivity index (χ0n) is 12.3. The monoisotopic (exact) mass is 287 g/mol. The summed E-state index contributed by atoms with van der Waals surface area (Å²) in [5.74, 6) is -0.246. The summed E-state index contributed by atoms with van der Waals surface area (Å²) in [4.78, 5) is 20.4. The number of amides is 1. The number of piperazine rings is 1. The first-order chi connectivity index (χ1) is 10.1. The number of primary amides is 1. The molecule has 21 heavy (non-hydrogen) atoms. The molecule has 0 unspecified atom stereocenters. The second-order valence-electron chi connectivity index (χ2n) is 5.59. The second-order valence-corrected chi connectivity index (χ2v) is 5.59. The summed E-state index contributed by atoms with van der Waals surface area (Å²) in [5.41, 5.74) is 7.42. The Bertz CT molecular complexity index is 597. The number of hydrogen-bond donors (Lipinski definition) is 1. The van der Waals surface area contributed by atoms with Gasteiger partial charge in [0, 0.05) is 45.1 Å². The molecule has 1 fully saturated rings. The van der Waals surface area contributed by atoms with Crippen LogP contribution in [0.1, 0.15) is 12.6 Å². The SMILES string of the molecule is C[C@H](C(N)=O)N1CCN(Cc2cn3ccccc3n2)CC1. The first-order valence-electron chi connectivity index (χ1n) is 7.32. The third-order valence-corrected chi connectivity index (χ3v) is 4.17. The Kier molecular flexibility index (Phi) is 3.90. The van der Waals surface area contributed by atoms with Crippen LogP contribution in [0.3, 0.4) is 0 Å². The lowest BCUT2D eigenvalue weighted by molar-refractivity contribution is -0.123. The van der Waals surface area contributed by atoms with E-state index in [1.54, 1.807) is 0 Å². The Morgan fingerprint density at radius 3 is 2.76 bits per heavy atom. The molecule has 0 bridgehead atoms. The Morgan fingerprint density at radius 2 is 2.10 bits per heavy atom. The van der Waals surface area contributed by atoms with Crippen LogP contribution < -0.4 is 5.73 Å². The number of pyridine rings is 1. The van der Waals surface area contributed by atoms with E-state index in [2.05, 4.69) is 21.0 Å². The number of carbonyl (C=O) groups excluding carboxylic acids is 1. The van der Waals surface area contributed by atoms with Crippen LogP contribution in [-0.2, 0) is 11.3 Å². The van der Waals surface area contributed by atoms with Gasteiger partial charge in [0.1, 0.15) is 5.65 Å². The van der Waals surface area contributed by atoms with Gasteiger partial charge in [0.15, 0.2) is 0 Å². The van der Waals surface area contributed by atoms with E-state index in [4.69, 9.17) is 5.73 Å². The van der Waals surface area contributed by atoms with Crippen molar-refractivity contribution in [2.24, 2.45) is 5.73 Å². The van der Waals surface area contributed by atoms with Crippen molar-refractivity contribution in [3.05, 3.63) is 36.3 Å². The molecule has 6 nitrogen and oxygen atoms in total. The molecule has 1 amide bonds. The quantitative estimate of drug-likeness (QED) is 0.880. The van der Waals surface area contributed by atoms with Crippen molar-refractivity contribution in [3.63, 3.8) is 0 Å². The molecule has 2 aromatic rings. The average molecular weight is 287 g/mol. The minimum absolute atomic E-state index is 0.178. The maximum Gasteiger partial charge on any atom is 0.234 e. The lowest BCUT2D eigenvalue weighted by Gasteiger charge is -2.36. The van der Waals surface area contributed by atoms with Gasteiger partial charge < -0.3 is 10.1 Å². The summed E-state index contributed by atoms with van der Waals surface area (Å²) in [5, 5.41) is 0. The van der Waals surface area contributed by atoms with Gasteiger partial charge in [0.2, 0.25) is 5.91 Å². The zero-order valence-corrected chi connectivity index (χ0v) is 12.3. The summed E-state index contributed by atoms with van der Waals surface area (Å²) < 4.78 is 2.04. The highest BCUT2D eigenvalue weighted by Crippen LogP contribution is 2.11. The minimum atomic E-state index is -0.246. The highest BCUT2D eigenvalue weighted by molar-refractivity contribution is 5.79. The van der Waals surface area contributed by atoms with Crippen molar-refractivity contribution in [1.82, 2.24) is 19.2 Å². The van der Waals surface area contributed by atoms with E-state index in [-0.39, 0.29) is 11.9 Å². The van der Waals surface area contributed by atoms with Crippen LogP contribution in [0.5, 0.6) is 0 Å². The van der Waals surface area contributed by atoms with Gasteiger partial charge in [-0.25, -0.2) is 4.98 Å². The maximum atomic E-state index is 11.2. The second kappa shape index (κ2) is 5.83. The molecule has 1 atom stereocenters. The molecule has 0 aromatic carbocycles. The number of carbonyl (C=O) groups is 1. The smallest absolute Gasteiger partial charge is 0.234 e. The van der Waals surface area contributed by atoms with Crippen molar-refractivity contribution in [1.29, 1.82) is 0 Å². The normalized spacial score (nSPS) is 18.9. The van der Waals surface area contributed by atoms with Crippen LogP contribution in [0.15, 0.2) is 30.6 Å². The van der Waals surface area contributed by atoms with Crippen LogP contribution in [0, 0.1) is 0 Å². The fraction of sp³-hybridized carbons (Fsp3) is 0.467.